The summed E-state index contributed by atoms with van der Waals surface area (Å²) in [6.45, 7) is 3.68. The van der Waals surface area contributed by atoms with Crippen molar-refractivity contribution in [3.63, 3.8) is 0 Å². The van der Waals surface area contributed by atoms with Crippen LogP contribution < -0.4 is 5.32 Å². The second-order valence-electron chi connectivity index (χ2n) is 23.6. The van der Waals surface area contributed by atoms with E-state index in [1.807, 2.05) is 6.08 Å². The summed E-state index contributed by atoms with van der Waals surface area (Å²) in [7, 11) is 0. The van der Waals surface area contributed by atoms with Crippen LogP contribution in [0.1, 0.15) is 303 Å². The lowest BCUT2D eigenvalue weighted by Crippen LogP contribution is -2.60. The molecule has 0 aromatic carbocycles. The molecule has 0 saturated carbocycles. The van der Waals surface area contributed by atoms with E-state index in [9.17, 15) is 30.3 Å². The maximum atomic E-state index is 13.1. The number of aliphatic hydroxyl groups is 5. The molecule has 474 valence electrons. The van der Waals surface area contributed by atoms with Crippen LogP contribution in [0, 0.1) is 0 Å². The van der Waals surface area contributed by atoms with Gasteiger partial charge in [0.15, 0.2) is 6.29 Å². The number of ether oxygens (including phenoxy) is 2. The molecular weight excluding hydrogens is 1020 g/mol. The van der Waals surface area contributed by atoms with Gasteiger partial charge in [-0.3, -0.25) is 4.79 Å². The monoisotopic (exact) mass is 1150 g/mol. The van der Waals surface area contributed by atoms with Crippen molar-refractivity contribution in [2.75, 3.05) is 13.2 Å². The zero-order valence-corrected chi connectivity index (χ0v) is 53.0. The van der Waals surface area contributed by atoms with Crippen LogP contribution in [0.3, 0.4) is 0 Å². The number of hydrogen-bond acceptors (Lipinski definition) is 8. The molecular formula is C73H129NO8. The number of unbranched alkanes of at least 4 members (excludes halogenated alkanes) is 35. The molecule has 1 rings (SSSR count). The Hall–Kier alpha value is -2.89. The minimum Gasteiger partial charge on any atom is -0.394 e. The summed E-state index contributed by atoms with van der Waals surface area (Å²) in [5.74, 6) is -0.186. The molecule has 1 amide bonds. The molecule has 82 heavy (non-hydrogen) atoms. The second-order valence-corrected chi connectivity index (χ2v) is 23.6. The van der Waals surface area contributed by atoms with Crippen molar-refractivity contribution in [2.24, 2.45) is 0 Å². The Morgan fingerprint density at radius 2 is 0.768 bits per heavy atom. The third-order valence-electron chi connectivity index (χ3n) is 15.9. The lowest BCUT2D eigenvalue weighted by atomic mass is 9.99. The highest BCUT2D eigenvalue weighted by molar-refractivity contribution is 5.76. The molecule has 0 radical (unpaired) electrons. The molecule has 1 saturated heterocycles. The van der Waals surface area contributed by atoms with Crippen LogP contribution in [-0.4, -0.2) is 87.5 Å². The van der Waals surface area contributed by atoms with Crippen molar-refractivity contribution in [3.8, 4) is 0 Å². The van der Waals surface area contributed by atoms with E-state index >= 15 is 0 Å². The van der Waals surface area contributed by atoms with Crippen molar-refractivity contribution in [2.45, 2.75) is 346 Å². The third kappa shape index (κ3) is 49.4. The van der Waals surface area contributed by atoms with E-state index in [4.69, 9.17) is 9.47 Å². The predicted octanol–water partition coefficient (Wildman–Crippen LogP) is 18.7. The first-order chi connectivity index (χ1) is 40.3. The average Bonchev–Trinajstić information content (AvgIpc) is 3.52. The first-order valence-electron chi connectivity index (χ1n) is 34.5. The number of amides is 1. The minimum absolute atomic E-state index is 0.186. The second kappa shape index (κ2) is 61.2. The number of rotatable bonds is 59. The Morgan fingerprint density at radius 1 is 0.427 bits per heavy atom. The Morgan fingerprint density at radius 3 is 1.17 bits per heavy atom. The largest absolute Gasteiger partial charge is 0.394 e. The summed E-state index contributed by atoms with van der Waals surface area (Å²) in [6, 6.07) is -0.827. The number of carbonyl (C=O) groups is 1. The molecule has 0 spiro atoms. The highest BCUT2D eigenvalue weighted by Gasteiger charge is 2.44. The van der Waals surface area contributed by atoms with E-state index in [1.54, 1.807) is 6.08 Å². The van der Waals surface area contributed by atoms with E-state index < -0.39 is 49.5 Å². The summed E-state index contributed by atoms with van der Waals surface area (Å²) in [6.07, 6.45) is 82.2. The molecule has 7 unspecified atom stereocenters. The Labute approximate surface area is 504 Å². The molecule has 0 bridgehead atoms. The molecule has 0 aromatic heterocycles. The van der Waals surface area contributed by atoms with Gasteiger partial charge in [-0.2, -0.15) is 0 Å². The normalized spacial score (nSPS) is 18.9. The summed E-state index contributed by atoms with van der Waals surface area (Å²) < 4.78 is 11.3. The summed E-state index contributed by atoms with van der Waals surface area (Å²) in [5.41, 5.74) is 0. The Bertz CT molecular complexity index is 1620. The molecule has 9 nitrogen and oxygen atoms in total. The van der Waals surface area contributed by atoms with Gasteiger partial charge in [0, 0.05) is 6.42 Å². The predicted molar refractivity (Wildman–Crippen MR) is 350 cm³/mol. The van der Waals surface area contributed by atoms with E-state index in [0.717, 1.165) is 77.0 Å². The van der Waals surface area contributed by atoms with Gasteiger partial charge in [0.2, 0.25) is 5.91 Å². The van der Waals surface area contributed by atoms with Crippen molar-refractivity contribution in [1.29, 1.82) is 0 Å². The van der Waals surface area contributed by atoms with Crippen molar-refractivity contribution in [1.82, 2.24) is 5.32 Å². The molecule has 1 fully saturated rings. The van der Waals surface area contributed by atoms with E-state index in [-0.39, 0.29) is 12.5 Å². The molecule has 1 aliphatic heterocycles. The van der Waals surface area contributed by atoms with Gasteiger partial charge in [-0.05, 0) is 83.5 Å². The van der Waals surface area contributed by atoms with Crippen LogP contribution in [0.2, 0.25) is 0 Å². The first-order valence-corrected chi connectivity index (χ1v) is 34.5. The molecule has 1 heterocycles. The van der Waals surface area contributed by atoms with Crippen LogP contribution in [0.25, 0.3) is 0 Å². The molecule has 0 aromatic rings. The zero-order valence-electron chi connectivity index (χ0n) is 53.0. The minimum atomic E-state index is -1.58. The van der Waals surface area contributed by atoms with Gasteiger partial charge in [-0.1, -0.05) is 310 Å². The fraction of sp³-hybridized carbons (Fsp3) is 0.767. The van der Waals surface area contributed by atoms with Crippen LogP contribution in [0.4, 0.5) is 0 Å². The Kier molecular flexibility index (Phi) is 57.6. The lowest BCUT2D eigenvalue weighted by molar-refractivity contribution is -0.302. The smallest absolute Gasteiger partial charge is 0.220 e. The lowest BCUT2D eigenvalue weighted by Gasteiger charge is -2.40. The average molecular weight is 1150 g/mol. The van der Waals surface area contributed by atoms with E-state index in [1.165, 1.54) is 205 Å². The topological polar surface area (TPSA) is 149 Å². The highest BCUT2D eigenvalue weighted by atomic mass is 16.7. The quantitative estimate of drug-likeness (QED) is 0.0261. The standard InChI is InChI=1S/C73H129NO8/c1-3-5-7-9-11-13-15-17-19-21-23-25-27-29-30-31-32-33-34-35-36-37-38-39-41-43-45-47-49-51-53-55-57-59-61-63-69(77)74-66(65-81-73-72(80)71(79)70(78)68(64-75)82-73)67(76)62-60-58-56-54-52-50-48-46-44-42-40-28-26-24-22-20-18-16-14-12-10-8-6-4-2/h5,7,11,13,17,19,23,25,29-30,32-33,52,54,60,62,66-68,70-73,75-76,78-80H,3-4,6,8-10,12,14-16,18,20-22,24,26-28,31,34-51,53,55-59,61,63-65H2,1-2H3,(H,74,77)/b7-5-,13-11-,19-17-,25-23-,30-29-,33-32-,54-52+,62-60+. The van der Waals surface area contributed by atoms with Crippen LogP contribution >= 0.6 is 0 Å². The first kappa shape index (κ1) is 77.1. The number of aliphatic hydroxyl groups excluding tert-OH is 5. The van der Waals surface area contributed by atoms with Gasteiger partial charge < -0.3 is 40.3 Å². The van der Waals surface area contributed by atoms with Crippen molar-refractivity contribution < 1.29 is 39.8 Å². The van der Waals surface area contributed by atoms with Gasteiger partial charge in [-0.25, -0.2) is 0 Å². The summed E-state index contributed by atoms with van der Waals surface area (Å²) in [4.78, 5) is 13.1. The van der Waals surface area contributed by atoms with Crippen molar-refractivity contribution in [3.05, 3.63) is 97.2 Å². The Balaban J connectivity index is 2.15. The molecule has 7 atom stereocenters. The summed E-state index contributed by atoms with van der Waals surface area (Å²) >= 11 is 0. The number of allylic oxidation sites excluding steroid dienone is 15. The van der Waals surface area contributed by atoms with Gasteiger partial charge in [0.05, 0.1) is 25.4 Å². The van der Waals surface area contributed by atoms with Gasteiger partial charge >= 0.3 is 0 Å². The van der Waals surface area contributed by atoms with Crippen LogP contribution in [-0.2, 0) is 14.3 Å². The van der Waals surface area contributed by atoms with Crippen molar-refractivity contribution >= 4 is 5.91 Å². The van der Waals surface area contributed by atoms with Gasteiger partial charge in [0.1, 0.15) is 24.4 Å². The fourth-order valence-corrected chi connectivity index (χ4v) is 10.5. The number of hydrogen-bond donors (Lipinski definition) is 6. The zero-order chi connectivity index (χ0) is 59.3. The number of nitrogens with one attached hydrogen (secondary N) is 1. The van der Waals surface area contributed by atoms with E-state index in [0.29, 0.717) is 6.42 Å². The van der Waals surface area contributed by atoms with Gasteiger partial charge in [0.25, 0.3) is 0 Å². The summed E-state index contributed by atoms with van der Waals surface area (Å²) in [5, 5.41) is 54.7. The SMILES string of the molecule is CC/C=C\C/C=C\C/C=C\C/C=C\C/C=C\C/C=C\CCCCCCCCCCCCCCCCCCC(=O)NC(COC1OC(CO)C(O)C(O)C1O)C(O)/C=C/CC/C=C/CCCCCCCCCCCCCCCCCCCC. The van der Waals surface area contributed by atoms with E-state index in [2.05, 4.69) is 104 Å². The maximum absolute atomic E-state index is 13.1. The van der Waals surface area contributed by atoms with Gasteiger partial charge in [-0.15, -0.1) is 0 Å². The molecule has 6 N–H and O–H groups in total. The number of carbonyl (C=O) groups excluding carboxylic acids is 1. The molecule has 9 heteroatoms. The maximum Gasteiger partial charge on any atom is 0.220 e. The highest BCUT2D eigenvalue weighted by Crippen LogP contribution is 2.23. The third-order valence-corrected chi connectivity index (χ3v) is 15.9. The molecule has 1 aliphatic rings. The fourth-order valence-electron chi connectivity index (χ4n) is 10.5. The van der Waals surface area contributed by atoms with Crippen LogP contribution in [0.5, 0.6) is 0 Å². The molecule has 0 aliphatic carbocycles. The van der Waals surface area contributed by atoms with Crippen LogP contribution in [0.15, 0.2) is 97.2 Å².